The molecule has 0 spiro atoms. The van der Waals surface area contributed by atoms with E-state index in [0.717, 1.165) is 48.6 Å². The highest BCUT2D eigenvalue weighted by Crippen LogP contribution is 2.34. The lowest BCUT2D eigenvalue weighted by molar-refractivity contribution is 0.628. The fraction of sp³-hybridized carbons (Fsp3) is 0.286. The fourth-order valence-electron chi connectivity index (χ4n) is 3.49. The minimum atomic E-state index is -0.228. The molecule has 0 radical (unpaired) electrons. The van der Waals surface area contributed by atoms with Gasteiger partial charge in [-0.1, -0.05) is 24.3 Å². The fourth-order valence-corrected chi connectivity index (χ4v) is 3.49. The Hall–Kier alpha value is -2.62. The van der Waals surface area contributed by atoms with Crippen molar-refractivity contribution in [3.05, 3.63) is 65.0 Å². The summed E-state index contributed by atoms with van der Waals surface area (Å²) in [6.07, 6.45) is 3.20. The monoisotopic (exact) mass is 335 g/mol. The zero-order valence-electron chi connectivity index (χ0n) is 14.6. The van der Waals surface area contributed by atoms with Crippen LogP contribution in [0.25, 0.3) is 16.9 Å². The number of nitrogens with zero attached hydrogens (tertiary/aromatic N) is 2. The molecule has 1 aliphatic heterocycles. The van der Waals surface area contributed by atoms with Gasteiger partial charge in [0.1, 0.15) is 11.6 Å². The smallest absolute Gasteiger partial charge is 0.133 e. The molecule has 128 valence electrons. The van der Waals surface area contributed by atoms with E-state index in [4.69, 9.17) is 5.10 Å². The second kappa shape index (κ2) is 6.36. The summed E-state index contributed by atoms with van der Waals surface area (Å²) >= 11 is 0. The lowest BCUT2D eigenvalue weighted by Crippen LogP contribution is -2.08. The molecule has 2 heterocycles. The zero-order valence-corrected chi connectivity index (χ0v) is 14.6. The number of aryl methyl sites for hydroxylation is 2. The normalized spacial score (nSPS) is 13.9. The van der Waals surface area contributed by atoms with Crippen molar-refractivity contribution >= 4 is 5.82 Å². The first-order valence-corrected chi connectivity index (χ1v) is 8.83. The summed E-state index contributed by atoms with van der Waals surface area (Å²) in [5.41, 5.74) is 6.35. The van der Waals surface area contributed by atoms with Gasteiger partial charge in [0.15, 0.2) is 0 Å². The standard InChI is InChI=1S/C21H22FN3/c1-14-9-10-15(2)19(12-14)25-21-18(8-3-4-11-23-21)20(24-25)16-6-5-7-17(22)13-16/h5-7,9-10,12-13,23H,3-4,8,11H2,1-2H3. The Bertz CT molecular complexity index is 927. The third-order valence-corrected chi connectivity index (χ3v) is 4.82. The van der Waals surface area contributed by atoms with Crippen molar-refractivity contribution in [2.45, 2.75) is 33.1 Å². The Balaban J connectivity index is 1.95. The summed E-state index contributed by atoms with van der Waals surface area (Å²) in [6, 6.07) is 13.1. The minimum Gasteiger partial charge on any atom is -0.370 e. The number of nitrogens with one attached hydrogen (secondary N) is 1. The third-order valence-electron chi connectivity index (χ3n) is 4.82. The number of anilines is 1. The van der Waals surface area contributed by atoms with Crippen molar-refractivity contribution in [3.63, 3.8) is 0 Å². The van der Waals surface area contributed by atoms with Gasteiger partial charge in [0.2, 0.25) is 0 Å². The van der Waals surface area contributed by atoms with Gasteiger partial charge in [-0.3, -0.25) is 0 Å². The number of halogens is 1. The molecule has 1 N–H and O–H groups in total. The number of rotatable bonds is 2. The van der Waals surface area contributed by atoms with Crippen LogP contribution < -0.4 is 5.32 Å². The molecule has 4 heteroatoms. The second-order valence-electron chi connectivity index (χ2n) is 6.77. The van der Waals surface area contributed by atoms with E-state index in [1.807, 2.05) is 10.7 Å². The quantitative estimate of drug-likeness (QED) is 0.711. The van der Waals surface area contributed by atoms with Gasteiger partial charge in [0.05, 0.1) is 11.4 Å². The maximum absolute atomic E-state index is 13.8. The average Bonchev–Trinajstić information content (AvgIpc) is 2.78. The maximum atomic E-state index is 13.8. The number of benzene rings is 2. The van der Waals surface area contributed by atoms with E-state index in [9.17, 15) is 4.39 Å². The van der Waals surface area contributed by atoms with Gasteiger partial charge < -0.3 is 5.32 Å². The molecule has 0 saturated carbocycles. The Labute approximate surface area is 147 Å². The van der Waals surface area contributed by atoms with Gasteiger partial charge in [-0.15, -0.1) is 0 Å². The van der Waals surface area contributed by atoms with Crippen molar-refractivity contribution in [2.24, 2.45) is 0 Å². The molecule has 0 atom stereocenters. The lowest BCUT2D eigenvalue weighted by atomic mass is 10.0. The Morgan fingerprint density at radius 3 is 2.80 bits per heavy atom. The van der Waals surface area contributed by atoms with Crippen molar-refractivity contribution in [1.82, 2.24) is 9.78 Å². The van der Waals surface area contributed by atoms with Crippen LogP contribution >= 0.6 is 0 Å². The van der Waals surface area contributed by atoms with Gasteiger partial charge in [-0.2, -0.15) is 5.10 Å². The molecule has 0 amide bonds. The first kappa shape index (κ1) is 15.9. The van der Waals surface area contributed by atoms with Gasteiger partial charge in [-0.05, 0) is 62.4 Å². The van der Waals surface area contributed by atoms with E-state index >= 15 is 0 Å². The molecule has 1 aromatic heterocycles. The third kappa shape index (κ3) is 2.93. The zero-order chi connectivity index (χ0) is 17.4. The summed E-state index contributed by atoms with van der Waals surface area (Å²) in [5.74, 6) is 0.819. The van der Waals surface area contributed by atoms with Crippen LogP contribution in [0.3, 0.4) is 0 Å². The van der Waals surface area contributed by atoms with Gasteiger partial charge in [0.25, 0.3) is 0 Å². The first-order valence-electron chi connectivity index (χ1n) is 8.83. The van der Waals surface area contributed by atoms with Crippen LogP contribution in [0.15, 0.2) is 42.5 Å². The maximum Gasteiger partial charge on any atom is 0.133 e. The highest BCUT2D eigenvalue weighted by Gasteiger charge is 2.22. The van der Waals surface area contributed by atoms with Crippen LogP contribution in [0, 0.1) is 19.7 Å². The first-order chi connectivity index (χ1) is 12.1. The van der Waals surface area contributed by atoms with E-state index in [1.165, 1.54) is 22.8 Å². The molecule has 0 aliphatic carbocycles. The highest BCUT2D eigenvalue weighted by molar-refractivity contribution is 5.71. The highest BCUT2D eigenvalue weighted by atomic mass is 19.1. The largest absolute Gasteiger partial charge is 0.370 e. The molecule has 2 aromatic carbocycles. The Morgan fingerprint density at radius 1 is 1.08 bits per heavy atom. The summed E-state index contributed by atoms with van der Waals surface area (Å²) < 4.78 is 15.8. The lowest BCUT2D eigenvalue weighted by Gasteiger charge is -2.12. The van der Waals surface area contributed by atoms with Crippen molar-refractivity contribution < 1.29 is 4.39 Å². The van der Waals surface area contributed by atoms with Gasteiger partial charge >= 0.3 is 0 Å². The molecule has 0 fully saturated rings. The molecular weight excluding hydrogens is 313 g/mol. The van der Waals surface area contributed by atoms with Crippen molar-refractivity contribution in [2.75, 3.05) is 11.9 Å². The van der Waals surface area contributed by atoms with Crippen LogP contribution in [0.1, 0.15) is 29.5 Å². The van der Waals surface area contributed by atoms with E-state index in [0.29, 0.717) is 0 Å². The summed E-state index contributed by atoms with van der Waals surface area (Å²) in [5, 5.41) is 8.45. The molecule has 0 bridgehead atoms. The molecule has 25 heavy (non-hydrogen) atoms. The topological polar surface area (TPSA) is 29.9 Å². The molecule has 3 nitrogen and oxygen atoms in total. The predicted molar refractivity (Wildman–Crippen MR) is 99.9 cm³/mol. The number of aromatic nitrogens is 2. The molecule has 0 saturated heterocycles. The van der Waals surface area contributed by atoms with E-state index in [-0.39, 0.29) is 5.82 Å². The van der Waals surface area contributed by atoms with Crippen LogP contribution in [0.5, 0.6) is 0 Å². The minimum absolute atomic E-state index is 0.228. The van der Waals surface area contributed by atoms with Crippen molar-refractivity contribution in [1.29, 1.82) is 0 Å². The molecular formula is C21H22FN3. The van der Waals surface area contributed by atoms with Crippen molar-refractivity contribution in [3.8, 4) is 16.9 Å². The van der Waals surface area contributed by atoms with Gasteiger partial charge in [-0.25, -0.2) is 9.07 Å². The summed E-state index contributed by atoms with van der Waals surface area (Å²) in [6.45, 7) is 5.12. The Morgan fingerprint density at radius 2 is 1.96 bits per heavy atom. The molecule has 4 rings (SSSR count). The van der Waals surface area contributed by atoms with Crippen LogP contribution in [-0.4, -0.2) is 16.3 Å². The van der Waals surface area contributed by atoms with Crippen LogP contribution in [0.2, 0.25) is 0 Å². The van der Waals surface area contributed by atoms with E-state index in [2.05, 4.69) is 37.4 Å². The van der Waals surface area contributed by atoms with Crippen LogP contribution in [-0.2, 0) is 6.42 Å². The number of hydrogen-bond donors (Lipinski definition) is 1. The average molecular weight is 335 g/mol. The summed E-state index contributed by atoms with van der Waals surface area (Å²) in [7, 11) is 0. The predicted octanol–water partition coefficient (Wildman–Crippen LogP) is 5.04. The number of fused-ring (bicyclic) bond motifs is 1. The van der Waals surface area contributed by atoms with Crippen LogP contribution in [0.4, 0.5) is 10.2 Å². The van der Waals surface area contributed by atoms with E-state index in [1.54, 1.807) is 12.1 Å². The number of hydrogen-bond acceptors (Lipinski definition) is 2. The molecule has 3 aromatic rings. The second-order valence-corrected chi connectivity index (χ2v) is 6.77. The van der Waals surface area contributed by atoms with E-state index < -0.39 is 0 Å². The molecule has 1 aliphatic rings. The Kier molecular flexibility index (Phi) is 4.04. The van der Waals surface area contributed by atoms with Gasteiger partial charge in [0, 0.05) is 17.7 Å². The summed E-state index contributed by atoms with van der Waals surface area (Å²) in [4.78, 5) is 0. The SMILES string of the molecule is Cc1ccc(C)c(-n2nc(-c3cccc(F)c3)c3c2NCCCC3)c1. The molecule has 0 unspecified atom stereocenters.